The van der Waals surface area contributed by atoms with Gasteiger partial charge in [-0.1, -0.05) is 89.5 Å². The number of para-hydroxylation sites is 1. The Morgan fingerprint density at radius 2 is 0.683 bits per heavy atom. The summed E-state index contributed by atoms with van der Waals surface area (Å²) in [7, 11) is 0. The van der Waals surface area contributed by atoms with E-state index in [1.807, 2.05) is 133 Å². The number of rotatable bonds is 10. The number of H-pyrrole nitrogens is 1. The summed E-state index contributed by atoms with van der Waals surface area (Å²) in [5.74, 6) is 33.4. The van der Waals surface area contributed by atoms with Crippen LogP contribution in [0, 0.1) is 86.3 Å². The number of aromatic nitrogens is 4. The van der Waals surface area contributed by atoms with Gasteiger partial charge in [-0.2, -0.15) is 5.10 Å². The van der Waals surface area contributed by atoms with Crippen LogP contribution in [0.2, 0.25) is 0 Å². The molecule has 0 radical (unpaired) electrons. The number of nitrogens with one attached hydrogen (secondary N) is 6. The lowest BCUT2D eigenvalue weighted by molar-refractivity contribution is 0.101. The average Bonchev–Trinajstić information content (AvgIpc) is 1.84. The van der Waals surface area contributed by atoms with Crippen molar-refractivity contribution in [3.05, 3.63) is 311 Å². The van der Waals surface area contributed by atoms with E-state index in [9.17, 15) is 24.0 Å². The van der Waals surface area contributed by atoms with Gasteiger partial charge in [0.05, 0.1) is 29.1 Å². The number of fused-ring (bicyclic) bond motifs is 5. The van der Waals surface area contributed by atoms with E-state index in [4.69, 9.17) is 18.9 Å². The number of nitrogens with zero attached hydrogens (tertiary/aromatic N) is 3. The average molecular weight is 1630 g/mol. The fourth-order valence-corrected chi connectivity index (χ4v) is 11.3. The molecular weight excluding hydrogens is 1530 g/mol. The number of hydrogen-bond donors (Lipinski definition) is 6. The van der Waals surface area contributed by atoms with Crippen molar-refractivity contribution in [2.45, 2.75) is 104 Å². The second-order valence-electron chi connectivity index (χ2n) is 34.1. The molecule has 3 aromatic heterocycles. The highest BCUT2D eigenvalue weighted by Crippen LogP contribution is 2.36. The van der Waals surface area contributed by atoms with Gasteiger partial charge in [0.25, 0.3) is 29.5 Å². The van der Waals surface area contributed by atoms with Crippen molar-refractivity contribution in [3.63, 3.8) is 0 Å². The number of aromatic amines is 1. The van der Waals surface area contributed by atoms with E-state index in [-0.39, 0.29) is 63.4 Å². The predicted molar refractivity (Wildman–Crippen MR) is 493 cm³/mol. The molecule has 15 rings (SSSR count). The number of carbonyl (C=O) groups excluding carboxylic acids is 5. The minimum atomic E-state index is -0.177. The smallest absolute Gasteiger partial charge is 0.255 e. The number of pyridine rings is 2. The zero-order valence-corrected chi connectivity index (χ0v) is 71.9. The molecule has 13 aromatic rings. The molecule has 6 N–H and O–H groups in total. The van der Waals surface area contributed by atoms with Crippen LogP contribution < -0.4 is 45.5 Å². The molecule has 5 heterocycles. The van der Waals surface area contributed by atoms with E-state index in [1.165, 1.54) is 0 Å². The summed E-state index contributed by atoms with van der Waals surface area (Å²) in [5.41, 5.74) is 12.6. The molecule has 2 aliphatic heterocycles. The Hall–Kier alpha value is -15.2. The number of amides is 5. The predicted octanol–water partition coefficient (Wildman–Crippen LogP) is 22.2. The maximum atomic E-state index is 12.5. The molecule has 0 saturated heterocycles. The third-order valence-corrected chi connectivity index (χ3v) is 17.6. The highest BCUT2D eigenvalue weighted by atomic mass is 16.7. The number of ether oxygens (including phenoxy) is 4. The van der Waals surface area contributed by atoms with Crippen LogP contribution in [0.4, 0.5) is 28.4 Å². The molecule has 10 aromatic carbocycles. The van der Waals surface area contributed by atoms with Crippen molar-refractivity contribution in [3.8, 4) is 82.2 Å². The second-order valence-corrected chi connectivity index (χ2v) is 34.1. The summed E-state index contributed by atoms with van der Waals surface area (Å²) >= 11 is 0. The van der Waals surface area contributed by atoms with Gasteiger partial charge >= 0.3 is 0 Å². The van der Waals surface area contributed by atoms with Gasteiger partial charge < -0.3 is 45.5 Å². The monoisotopic (exact) mass is 1630 g/mol. The summed E-state index contributed by atoms with van der Waals surface area (Å²) in [5, 5.41) is 25.3. The van der Waals surface area contributed by atoms with Gasteiger partial charge in [0.15, 0.2) is 23.0 Å². The van der Waals surface area contributed by atoms with Crippen LogP contribution >= 0.6 is 0 Å². The van der Waals surface area contributed by atoms with Crippen molar-refractivity contribution in [1.82, 2.24) is 20.2 Å². The van der Waals surface area contributed by atoms with E-state index >= 15 is 0 Å². The molecule has 0 bridgehead atoms. The van der Waals surface area contributed by atoms with Gasteiger partial charge in [-0.05, 0) is 292 Å². The van der Waals surface area contributed by atoms with Crippen LogP contribution in [-0.2, 0) is 0 Å². The van der Waals surface area contributed by atoms with Crippen LogP contribution in [0.25, 0.3) is 32.6 Å². The Balaban J connectivity index is 0.000000150. The van der Waals surface area contributed by atoms with E-state index in [0.29, 0.717) is 81.1 Å². The minimum absolute atomic E-state index is 0.0399. The molecule has 18 heteroatoms. The largest absolute Gasteiger partial charge is 0.486 e. The zero-order valence-electron chi connectivity index (χ0n) is 71.9. The van der Waals surface area contributed by atoms with Gasteiger partial charge in [0.1, 0.15) is 13.2 Å². The van der Waals surface area contributed by atoms with E-state index in [0.717, 1.165) is 71.8 Å². The first-order valence-electron chi connectivity index (χ1n) is 40.2. The topological polar surface area (TPSA) is 237 Å². The van der Waals surface area contributed by atoms with Crippen LogP contribution in [-0.4, -0.2) is 69.7 Å². The zero-order chi connectivity index (χ0) is 87.9. The molecule has 2 aliphatic rings. The summed E-state index contributed by atoms with van der Waals surface area (Å²) in [6.07, 6.45) is 6.91. The highest BCUT2D eigenvalue weighted by Gasteiger charge is 2.19. The molecule has 0 aliphatic carbocycles. The summed E-state index contributed by atoms with van der Waals surface area (Å²) in [6.45, 7) is 32.3. The molecule has 0 saturated carbocycles. The van der Waals surface area contributed by atoms with Crippen molar-refractivity contribution in [1.29, 1.82) is 0 Å². The van der Waals surface area contributed by atoms with Gasteiger partial charge in [-0.25, -0.2) is 0 Å². The third kappa shape index (κ3) is 28.3. The lowest BCUT2D eigenvalue weighted by Gasteiger charge is -2.19. The summed E-state index contributed by atoms with van der Waals surface area (Å²) in [4.78, 5) is 70.5. The Labute approximate surface area is 720 Å². The molecule has 18 nitrogen and oxygen atoms in total. The van der Waals surface area contributed by atoms with Crippen molar-refractivity contribution in [2.75, 3.05) is 46.6 Å². The second kappa shape index (κ2) is 40.1. The van der Waals surface area contributed by atoms with Crippen LogP contribution in [0.5, 0.6) is 23.0 Å². The lowest BCUT2D eigenvalue weighted by Crippen LogP contribution is -2.16. The quantitative estimate of drug-likeness (QED) is 0.0702. The fourth-order valence-electron chi connectivity index (χ4n) is 11.3. The number of carbonyl (C=O) groups is 5. The lowest BCUT2D eigenvalue weighted by atomic mass is 9.97. The summed E-state index contributed by atoms with van der Waals surface area (Å²) in [6, 6.07) is 70.2. The Bertz CT molecular complexity index is 6330. The molecule has 5 amide bonds. The Morgan fingerprint density at radius 1 is 0.325 bits per heavy atom. The SMILES string of the molecule is CC(C)(C)C#Cc1ccc(C(=O)Nc2ccc3[nH]ncc3c2)cc1.CC(C)(C)C#Cc1ccc(C(=O)Nc2ccc3c(c2)OCCO3)cc1.CC(C)(C)C#Cc1ccc(C(=O)Nc2ccc3c(c2)OCO3)cc1.CC(C)(C)C#Cc1ccc(C(=O)Nc2cccc3cnccc23)cc1.CC(C)(C)C#Cc1ccc(C(=O)Nc2cnc3ccccc3c2)cc1. The molecule has 0 atom stereocenters. The van der Waals surface area contributed by atoms with E-state index < -0.39 is 0 Å². The Kier molecular flexibility index (Phi) is 28.9. The van der Waals surface area contributed by atoms with Crippen molar-refractivity contribution in [2.24, 2.45) is 27.1 Å². The highest BCUT2D eigenvalue weighted by molar-refractivity contribution is 6.10. The minimum Gasteiger partial charge on any atom is -0.486 e. The first-order chi connectivity index (χ1) is 58.5. The van der Waals surface area contributed by atoms with Crippen molar-refractivity contribution >= 4 is 90.6 Å². The van der Waals surface area contributed by atoms with E-state index in [1.54, 1.807) is 122 Å². The number of hydrogen-bond acceptors (Lipinski definition) is 12. The van der Waals surface area contributed by atoms with Gasteiger partial charge in [0.2, 0.25) is 6.79 Å². The van der Waals surface area contributed by atoms with E-state index in [2.05, 4.69) is 210 Å². The fraction of sp³-hybridized carbons (Fsp3) is 0.219. The van der Waals surface area contributed by atoms with Gasteiger partial charge in [-0.3, -0.25) is 39.0 Å². The van der Waals surface area contributed by atoms with Crippen LogP contribution in [0.3, 0.4) is 0 Å². The summed E-state index contributed by atoms with van der Waals surface area (Å²) < 4.78 is 21.6. The molecule has 123 heavy (non-hydrogen) atoms. The first-order valence-corrected chi connectivity index (χ1v) is 40.2. The van der Waals surface area contributed by atoms with Crippen LogP contribution in [0.15, 0.2) is 255 Å². The standard InChI is InChI=1S/2C22H20N2O.C21H21NO3.C20H19N3O.C20H19NO3/c1-22(2,3)13-11-16-7-9-17(10-8-16)21(25)24-20-6-4-5-18-15-23-14-12-19(18)20;1-22(2,3)13-12-16-8-10-17(11-9-16)21(25)24-19-14-18-6-4-5-7-20(18)23-15-19;1-21(2,3)11-10-15-4-6-16(7-5-15)20(23)22-17-8-9-18-19(14-17)25-13-12-24-18;1-20(2,3)11-10-14-4-6-15(7-5-14)19(24)22-17-8-9-18-16(12-17)13-21-23-18;1-20(2,3)11-10-14-4-6-15(7-5-14)19(22)21-16-8-9-17-18(12-16)24-13-23-17/h4-10,12,14-15H,1-3H3,(H,24,25);4-11,14-15H,1-3H3,(H,24,25);4-9,14H,12-13H2,1-3H3,(H,22,23);4-9,12-13H,1-3H3,(H,21,23)(H,22,24);4-9,12H,13H2,1-3H3,(H,21,22). The van der Waals surface area contributed by atoms with Crippen LogP contribution in [0.1, 0.15) is 183 Å². The Morgan fingerprint density at radius 3 is 1.12 bits per heavy atom. The molecule has 0 fully saturated rings. The maximum absolute atomic E-state index is 12.5. The third-order valence-electron chi connectivity index (χ3n) is 17.6. The van der Waals surface area contributed by atoms with Crippen molar-refractivity contribution < 1.29 is 42.9 Å². The first kappa shape index (κ1) is 88.6. The normalized spacial score (nSPS) is 11.5. The number of anilines is 5. The molecule has 618 valence electrons. The molecule has 0 spiro atoms. The number of benzene rings is 10. The van der Waals surface area contributed by atoms with Gasteiger partial charge in [-0.15, -0.1) is 0 Å². The molecular formula is C105H99N9O9. The van der Waals surface area contributed by atoms with Gasteiger partial charge in [0, 0.05) is 152 Å². The molecule has 0 unspecified atom stereocenters. The maximum Gasteiger partial charge on any atom is 0.255 e.